The molecule has 3 rings (SSSR count). The number of halogens is 2. The molecule has 2 aliphatic rings. The van der Waals surface area contributed by atoms with Gasteiger partial charge in [-0.15, -0.1) is 0 Å². The Morgan fingerprint density at radius 3 is 3.11 bits per heavy atom. The first-order valence-electron chi connectivity index (χ1n) is 6.83. The number of fused-ring (bicyclic) bond motifs is 2. The third kappa shape index (κ3) is 2.43. The maximum atomic E-state index is 6.17. The van der Waals surface area contributed by atoms with Crippen molar-refractivity contribution in [3.05, 3.63) is 32.4 Å². The lowest BCUT2D eigenvalue weighted by Gasteiger charge is -2.42. The van der Waals surface area contributed by atoms with E-state index in [1.165, 1.54) is 24.8 Å². The maximum Gasteiger partial charge on any atom is 0.0539 e. The van der Waals surface area contributed by atoms with Crippen molar-refractivity contribution in [3.63, 3.8) is 0 Å². The molecule has 4 heteroatoms. The summed E-state index contributed by atoms with van der Waals surface area (Å²) in [5.41, 5.74) is 1.74. The van der Waals surface area contributed by atoms with Crippen molar-refractivity contribution in [1.29, 1.82) is 0 Å². The molecule has 1 aliphatic heterocycles. The predicted molar refractivity (Wildman–Crippen MR) is 86.9 cm³/mol. The average molecular weight is 392 g/mol. The molecule has 0 amide bonds. The minimum absolute atomic E-state index is 0.288. The van der Waals surface area contributed by atoms with Crippen molar-refractivity contribution in [2.45, 2.75) is 30.7 Å². The molecule has 1 aliphatic carbocycles. The number of methoxy groups -OCH3 is 1. The molecule has 1 N–H and O–H groups in total. The maximum absolute atomic E-state index is 6.17. The van der Waals surface area contributed by atoms with Gasteiger partial charge in [0.1, 0.15) is 0 Å². The molecule has 2 nitrogen and oxygen atoms in total. The quantitative estimate of drug-likeness (QED) is 0.795. The van der Waals surface area contributed by atoms with E-state index in [0.717, 1.165) is 21.7 Å². The first kappa shape index (κ1) is 14.1. The van der Waals surface area contributed by atoms with Gasteiger partial charge in [0.25, 0.3) is 0 Å². The summed E-state index contributed by atoms with van der Waals surface area (Å²) in [5, 5.41) is 4.51. The van der Waals surface area contributed by atoms with Crippen LogP contribution in [-0.2, 0) is 10.2 Å². The van der Waals surface area contributed by atoms with E-state index in [1.54, 1.807) is 7.11 Å². The van der Waals surface area contributed by atoms with E-state index in [0.29, 0.717) is 12.0 Å². The second-order valence-corrected chi connectivity index (χ2v) is 7.35. The lowest BCUT2D eigenvalue weighted by Crippen LogP contribution is -2.48. The number of nitrogens with one attached hydrogen (secondary N) is 1. The summed E-state index contributed by atoms with van der Waals surface area (Å²) in [4.78, 5) is 0. The Morgan fingerprint density at radius 1 is 1.53 bits per heavy atom. The van der Waals surface area contributed by atoms with Gasteiger partial charge in [0.05, 0.1) is 11.6 Å². The molecular weight excluding hydrogens is 373 g/mol. The van der Waals surface area contributed by atoms with Crippen LogP contribution in [0.4, 0.5) is 0 Å². The van der Waals surface area contributed by atoms with Gasteiger partial charge in [0.2, 0.25) is 0 Å². The predicted octanol–water partition coefficient (Wildman–Crippen LogP) is 3.60. The molecular formula is C15H19ClINO. The van der Waals surface area contributed by atoms with Crippen LogP contribution in [0.25, 0.3) is 0 Å². The Bertz CT molecular complexity index is 481. The van der Waals surface area contributed by atoms with Gasteiger partial charge in [0, 0.05) is 34.6 Å². The third-order valence-corrected chi connectivity index (χ3v) is 6.39. The van der Waals surface area contributed by atoms with Crippen LogP contribution >= 0.6 is 34.2 Å². The molecule has 2 fully saturated rings. The smallest absolute Gasteiger partial charge is 0.0539 e. The van der Waals surface area contributed by atoms with Gasteiger partial charge in [0.15, 0.2) is 0 Å². The zero-order valence-electron chi connectivity index (χ0n) is 11.1. The van der Waals surface area contributed by atoms with E-state index in [4.69, 9.17) is 16.3 Å². The largest absolute Gasteiger partial charge is 0.384 e. The zero-order valence-corrected chi connectivity index (χ0v) is 14.0. The summed E-state index contributed by atoms with van der Waals surface area (Å²) in [6.45, 7) is 1.90. The highest BCUT2D eigenvalue weighted by Gasteiger charge is 2.49. The van der Waals surface area contributed by atoms with Crippen LogP contribution in [0, 0.1) is 9.49 Å². The van der Waals surface area contributed by atoms with Gasteiger partial charge < -0.3 is 10.1 Å². The topological polar surface area (TPSA) is 21.3 Å². The molecule has 104 valence electrons. The fourth-order valence-corrected chi connectivity index (χ4v) is 4.48. The molecule has 1 saturated carbocycles. The summed E-state index contributed by atoms with van der Waals surface area (Å²) in [6.07, 6.45) is 3.77. The van der Waals surface area contributed by atoms with Crippen molar-refractivity contribution in [2.75, 3.05) is 20.3 Å². The molecule has 1 saturated heterocycles. The normalized spacial score (nSPS) is 33.6. The van der Waals surface area contributed by atoms with Crippen LogP contribution in [0.3, 0.4) is 0 Å². The minimum atomic E-state index is 0.288. The van der Waals surface area contributed by atoms with Crippen LogP contribution in [0.5, 0.6) is 0 Å². The molecule has 2 bridgehead atoms. The molecule has 0 radical (unpaired) electrons. The lowest BCUT2D eigenvalue weighted by atomic mass is 9.67. The number of hydrogen-bond donors (Lipinski definition) is 1. The first-order valence-corrected chi connectivity index (χ1v) is 8.29. The Balaban J connectivity index is 2.00. The number of rotatable bonds is 3. The van der Waals surface area contributed by atoms with E-state index >= 15 is 0 Å². The van der Waals surface area contributed by atoms with E-state index in [-0.39, 0.29) is 5.41 Å². The average Bonchev–Trinajstić information content (AvgIpc) is 2.76. The van der Waals surface area contributed by atoms with E-state index in [2.05, 4.69) is 40.0 Å². The number of ether oxygens (including phenoxy) is 1. The van der Waals surface area contributed by atoms with Crippen molar-refractivity contribution < 1.29 is 4.74 Å². The number of benzene rings is 1. The molecule has 0 spiro atoms. The van der Waals surface area contributed by atoms with Crippen LogP contribution < -0.4 is 5.32 Å². The molecule has 3 atom stereocenters. The minimum Gasteiger partial charge on any atom is -0.384 e. The summed E-state index contributed by atoms with van der Waals surface area (Å²) in [6, 6.07) is 7.23. The summed E-state index contributed by atoms with van der Waals surface area (Å²) < 4.78 is 6.62. The third-order valence-electron chi connectivity index (χ3n) is 4.85. The van der Waals surface area contributed by atoms with Crippen molar-refractivity contribution >= 4 is 34.2 Å². The summed E-state index contributed by atoms with van der Waals surface area (Å²) in [5.74, 6) is 0.563. The second kappa shape index (κ2) is 5.51. The van der Waals surface area contributed by atoms with Gasteiger partial charge >= 0.3 is 0 Å². The SMILES string of the molecule is COC[C@@H]1CNC2CC[C@]1(c1ccc(Cl)c(I)c1)C2. The highest BCUT2D eigenvalue weighted by Crippen LogP contribution is 2.49. The van der Waals surface area contributed by atoms with Crippen molar-refractivity contribution in [3.8, 4) is 0 Å². The van der Waals surface area contributed by atoms with Gasteiger partial charge in [-0.25, -0.2) is 0 Å². The molecule has 0 aromatic heterocycles. The number of piperidine rings is 1. The van der Waals surface area contributed by atoms with E-state index < -0.39 is 0 Å². The lowest BCUT2D eigenvalue weighted by molar-refractivity contribution is 0.0889. The first-order chi connectivity index (χ1) is 9.15. The molecule has 1 aromatic rings. The molecule has 1 unspecified atom stereocenters. The van der Waals surface area contributed by atoms with Crippen LogP contribution in [0.15, 0.2) is 18.2 Å². The fraction of sp³-hybridized carbons (Fsp3) is 0.600. The van der Waals surface area contributed by atoms with Gasteiger partial charge in [-0.1, -0.05) is 17.7 Å². The molecule has 1 aromatic carbocycles. The second-order valence-electron chi connectivity index (χ2n) is 5.79. The van der Waals surface area contributed by atoms with Gasteiger partial charge in [-0.2, -0.15) is 0 Å². The van der Waals surface area contributed by atoms with Crippen LogP contribution in [0.1, 0.15) is 24.8 Å². The van der Waals surface area contributed by atoms with Crippen LogP contribution in [0.2, 0.25) is 5.02 Å². The van der Waals surface area contributed by atoms with Crippen LogP contribution in [-0.4, -0.2) is 26.3 Å². The van der Waals surface area contributed by atoms with Crippen molar-refractivity contribution in [1.82, 2.24) is 5.32 Å². The molecule has 19 heavy (non-hydrogen) atoms. The Hall–Kier alpha value is 0.160. The van der Waals surface area contributed by atoms with E-state index in [1.807, 2.05) is 6.07 Å². The Morgan fingerprint density at radius 2 is 2.37 bits per heavy atom. The highest BCUT2D eigenvalue weighted by molar-refractivity contribution is 14.1. The number of hydrogen-bond acceptors (Lipinski definition) is 2. The van der Waals surface area contributed by atoms with Crippen molar-refractivity contribution in [2.24, 2.45) is 5.92 Å². The summed E-state index contributed by atoms with van der Waals surface area (Å²) in [7, 11) is 1.81. The van der Waals surface area contributed by atoms with Gasteiger partial charge in [-0.05, 0) is 59.5 Å². The Labute approximate surface area is 133 Å². The molecule has 1 heterocycles. The Kier molecular flexibility index (Phi) is 4.09. The fourth-order valence-electron chi connectivity index (χ4n) is 3.85. The van der Waals surface area contributed by atoms with Gasteiger partial charge in [-0.3, -0.25) is 0 Å². The zero-order chi connectivity index (χ0) is 13.5. The standard InChI is InChI=1S/C15H19ClINO/c1-19-9-11-8-18-12-4-5-15(11,7-12)10-2-3-13(16)14(17)6-10/h2-3,6,11-12,18H,4-5,7-9H2,1H3/t11-,12?,15+/m0/s1. The monoisotopic (exact) mass is 391 g/mol. The summed E-state index contributed by atoms with van der Waals surface area (Å²) >= 11 is 8.50. The van der Waals surface area contributed by atoms with E-state index in [9.17, 15) is 0 Å². The highest BCUT2D eigenvalue weighted by atomic mass is 127.